The van der Waals surface area contributed by atoms with Crippen molar-refractivity contribution in [1.82, 2.24) is 0 Å². The fraction of sp³-hybridized carbons (Fsp3) is 0.702. The van der Waals surface area contributed by atoms with Crippen molar-refractivity contribution in [1.29, 1.82) is 0 Å². The molecule has 2 unspecified atom stereocenters. The van der Waals surface area contributed by atoms with Crippen LogP contribution in [0.3, 0.4) is 0 Å². The van der Waals surface area contributed by atoms with Crippen LogP contribution in [0.1, 0.15) is 155 Å². The summed E-state index contributed by atoms with van der Waals surface area (Å²) in [7, 11) is 0. The molecule has 1 rings (SSSR count). The molecule has 1 fully saturated rings. The number of aliphatic hydroxyl groups is 4. The molecule has 1 heterocycles. The molecule has 0 saturated carbocycles. The smallest absolute Gasteiger partial charge is 0.306 e. The molecule has 0 aromatic carbocycles. The van der Waals surface area contributed by atoms with Crippen molar-refractivity contribution in [2.24, 2.45) is 0 Å². The number of allylic oxidation sites excluding steroid dienone is 12. The number of carbonyl (C=O) groups is 2. The first-order chi connectivity index (χ1) is 27.8. The van der Waals surface area contributed by atoms with Gasteiger partial charge < -0.3 is 39.4 Å². The molecule has 0 spiro atoms. The molecule has 1 saturated heterocycles. The zero-order valence-corrected chi connectivity index (χ0v) is 35.3. The molecule has 0 aromatic heterocycles. The SMILES string of the molecule is CCCCC/C=C/C/C=C/C/C=C/C/C=C/C/C=C/CCC(=O)O[C@H](COC(=O)CCCCC/C=C/CCCCCCCC)CO[C@@H]1O[C@H](CO)[C@H](O)C(O)C1O. The molecule has 0 bridgehead atoms. The Hall–Kier alpha value is -2.86. The average molecular weight is 803 g/mol. The number of unbranched alkanes of at least 4 members (excludes halogenated alkanes) is 12. The highest BCUT2D eigenvalue weighted by molar-refractivity contribution is 5.70. The van der Waals surface area contributed by atoms with E-state index < -0.39 is 55.4 Å². The molecule has 0 aromatic rings. The van der Waals surface area contributed by atoms with Gasteiger partial charge in [0.05, 0.1) is 13.2 Å². The lowest BCUT2D eigenvalue weighted by molar-refractivity contribution is -0.305. The third-order valence-electron chi connectivity index (χ3n) is 9.58. The van der Waals surface area contributed by atoms with E-state index in [9.17, 15) is 30.0 Å². The van der Waals surface area contributed by atoms with E-state index in [1.165, 1.54) is 64.2 Å². The molecule has 57 heavy (non-hydrogen) atoms. The third-order valence-corrected chi connectivity index (χ3v) is 9.58. The molecule has 10 heteroatoms. The first kappa shape index (κ1) is 52.2. The van der Waals surface area contributed by atoms with Crippen LogP contribution < -0.4 is 0 Å². The summed E-state index contributed by atoms with van der Waals surface area (Å²) in [5.41, 5.74) is 0. The molecular weight excluding hydrogens is 725 g/mol. The number of hydrogen-bond acceptors (Lipinski definition) is 10. The first-order valence-corrected chi connectivity index (χ1v) is 22.0. The minimum absolute atomic E-state index is 0.100. The third kappa shape index (κ3) is 29.1. The van der Waals surface area contributed by atoms with E-state index in [1.807, 2.05) is 12.2 Å². The Balaban J connectivity index is 2.42. The molecule has 0 amide bonds. The molecule has 1 aliphatic heterocycles. The van der Waals surface area contributed by atoms with Crippen molar-refractivity contribution < 1.29 is 49.0 Å². The Labute approximate surface area is 344 Å². The van der Waals surface area contributed by atoms with E-state index in [0.717, 1.165) is 51.4 Å². The second-order valence-electron chi connectivity index (χ2n) is 14.8. The zero-order chi connectivity index (χ0) is 41.6. The van der Waals surface area contributed by atoms with Crippen molar-refractivity contribution in [3.63, 3.8) is 0 Å². The van der Waals surface area contributed by atoms with E-state index in [1.54, 1.807) is 0 Å². The van der Waals surface area contributed by atoms with Gasteiger partial charge in [-0.1, -0.05) is 138 Å². The number of esters is 2. The predicted molar refractivity (Wildman–Crippen MR) is 228 cm³/mol. The number of aliphatic hydroxyl groups excluding tert-OH is 4. The molecule has 6 atom stereocenters. The van der Waals surface area contributed by atoms with Crippen LogP contribution >= 0.6 is 0 Å². The van der Waals surface area contributed by atoms with Crippen LogP contribution in [0.2, 0.25) is 0 Å². The average Bonchev–Trinajstić information content (AvgIpc) is 3.21. The molecule has 10 nitrogen and oxygen atoms in total. The van der Waals surface area contributed by atoms with Crippen LogP contribution in [0.4, 0.5) is 0 Å². The summed E-state index contributed by atoms with van der Waals surface area (Å²) < 4.78 is 22.0. The number of hydrogen-bond donors (Lipinski definition) is 4. The second kappa shape index (κ2) is 37.4. The van der Waals surface area contributed by atoms with Gasteiger partial charge in [-0.15, -0.1) is 0 Å². The van der Waals surface area contributed by atoms with E-state index >= 15 is 0 Å². The number of ether oxygens (including phenoxy) is 4. The van der Waals surface area contributed by atoms with Gasteiger partial charge in [0.15, 0.2) is 12.4 Å². The highest BCUT2D eigenvalue weighted by Crippen LogP contribution is 2.22. The van der Waals surface area contributed by atoms with Crippen molar-refractivity contribution in [3.05, 3.63) is 72.9 Å². The number of rotatable bonds is 35. The quantitative estimate of drug-likeness (QED) is 0.0277. The topological polar surface area (TPSA) is 152 Å². The van der Waals surface area contributed by atoms with Crippen LogP contribution in [-0.2, 0) is 28.5 Å². The highest BCUT2D eigenvalue weighted by Gasteiger charge is 2.44. The van der Waals surface area contributed by atoms with Gasteiger partial charge in [-0.05, 0) is 77.0 Å². The van der Waals surface area contributed by atoms with Gasteiger partial charge in [-0.3, -0.25) is 9.59 Å². The van der Waals surface area contributed by atoms with Crippen LogP contribution in [0.25, 0.3) is 0 Å². The summed E-state index contributed by atoms with van der Waals surface area (Å²) in [6.07, 6.45) is 39.2. The maximum Gasteiger partial charge on any atom is 0.306 e. The maximum atomic E-state index is 12.7. The van der Waals surface area contributed by atoms with Crippen molar-refractivity contribution in [3.8, 4) is 0 Å². The Bertz CT molecular complexity index is 1160. The van der Waals surface area contributed by atoms with E-state index in [0.29, 0.717) is 12.8 Å². The van der Waals surface area contributed by atoms with Crippen LogP contribution in [0.15, 0.2) is 72.9 Å². The van der Waals surface area contributed by atoms with Gasteiger partial charge in [-0.2, -0.15) is 0 Å². The summed E-state index contributed by atoms with van der Waals surface area (Å²) in [5, 5.41) is 40.0. The van der Waals surface area contributed by atoms with E-state index in [4.69, 9.17) is 18.9 Å². The molecular formula is C47H78O10. The lowest BCUT2D eigenvalue weighted by Gasteiger charge is -2.39. The van der Waals surface area contributed by atoms with Crippen LogP contribution in [0, 0.1) is 0 Å². The summed E-state index contributed by atoms with van der Waals surface area (Å²) in [6.45, 7) is 3.28. The lowest BCUT2D eigenvalue weighted by Crippen LogP contribution is -2.59. The largest absolute Gasteiger partial charge is 0.462 e. The normalized spacial score (nSPS) is 21.0. The molecule has 0 aliphatic carbocycles. The van der Waals surface area contributed by atoms with Crippen LogP contribution in [-0.4, -0.2) is 89.0 Å². The van der Waals surface area contributed by atoms with Gasteiger partial charge in [0.2, 0.25) is 0 Å². The lowest BCUT2D eigenvalue weighted by atomic mass is 9.99. The number of carbonyl (C=O) groups excluding carboxylic acids is 2. The van der Waals surface area contributed by atoms with E-state index in [2.05, 4.69) is 74.6 Å². The Morgan fingerprint density at radius 2 is 1.02 bits per heavy atom. The highest BCUT2D eigenvalue weighted by atomic mass is 16.7. The minimum atomic E-state index is -1.61. The van der Waals surface area contributed by atoms with Crippen molar-refractivity contribution >= 4 is 11.9 Å². The van der Waals surface area contributed by atoms with Gasteiger partial charge in [0.25, 0.3) is 0 Å². The van der Waals surface area contributed by atoms with Gasteiger partial charge >= 0.3 is 11.9 Å². The Morgan fingerprint density at radius 1 is 0.544 bits per heavy atom. The standard InChI is InChI=1S/C47H78O10/c1-3-5-7-9-11-13-15-17-18-19-20-21-22-24-26-28-30-32-34-36-43(50)56-40(39-55-47-46(53)45(52)44(51)41(37-48)57-47)38-54-42(49)35-33-31-29-27-25-23-16-14-12-10-8-6-4-2/h11,13,17-18,20-21,23-26,30,32,40-41,44-48,51-53H,3-10,12,14-16,19,22,27-29,31,33-39H2,1-2H3/b13-11+,18-17+,21-20+,25-23+,26-24+,32-30+/t40-,41-,44+,45?,46?,47-/m1/s1. The van der Waals surface area contributed by atoms with E-state index in [-0.39, 0.29) is 26.1 Å². The van der Waals surface area contributed by atoms with Gasteiger partial charge in [0.1, 0.15) is 31.0 Å². The summed E-state index contributed by atoms with van der Waals surface area (Å²) in [4.78, 5) is 25.2. The molecule has 1 aliphatic rings. The van der Waals surface area contributed by atoms with Gasteiger partial charge in [-0.25, -0.2) is 0 Å². The van der Waals surface area contributed by atoms with Crippen molar-refractivity contribution in [2.45, 2.75) is 192 Å². The monoisotopic (exact) mass is 803 g/mol. The first-order valence-electron chi connectivity index (χ1n) is 22.0. The summed E-state index contributed by atoms with van der Waals surface area (Å²) >= 11 is 0. The van der Waals surface area contributed by atoms with Crippen molar-refractivity contribution in [2.75, 3.05) is 19.8 Å². The zero-order valence-electron chi connectivity index (χ0n) is 35.3. The molecule has 4 N–H and O–H groups in total. The van der Waals surface area contributed by atoms with Gasteiger partial charge in [0, 0.05) is 12.8 Å². The fourth-order valence-electron chi connectivity index (χ4n) is 6.05. The Kier molecular flexibility index (Phi) is 34.2. The molecule has 326 valence electrons. The predicted octanol–water partition coefficient (Wildman–Crippen LogP) is 9.22. The summed E-state index contributed by atoms with van der Waals surface area (Å²) in [6, 6.07) is 0. The fourth-order valence-corrected chi connectivity index (χ4v) is 6.05. The summed E-state index contributed by atoms with van der Waals surface area (Å²) in [5.74, 6) is -0.928. The second-order valence-corrected chi connectivity index (χ2v) is 14.8. The Morgan fingerprint density at radius 3 is 1.60 bits per heavy atom. The van der Waals surface area contributed by atoms with Crippen LogP contribution in [0.5, 0.6) is 0 Å². The molecule has 0 radical (unpaired) electrons. The minimum Gasteiger partial charge on any atom is -0.462 e. The maximum absolute atomic E-state index is 12.7.